The van der Waals surface area contributed by atoms with Gasteiger partial charge in [0.15, 0.2) is 0 Å². The molecule has 5 nitrogen and oxygen atoms in total. The summed E-state index contributed by atoms with van der Waals surface area (Å²) in [5, 5.41) is 0. The minimum atomic E-state index is -3.46. The molecule has 1 unspecified atom stereocenters. The summed E-state index contributed by atoms with van der Waals surface area (Å²) in [5.41, 5.74) is 1.26. The second-order valence-corrected chi connectivity index (χ2v) is 8.12. The zero-order valence-electron chi connectivity index (χ0n) is 13.9. The highest BCUT2D eigenvalue weighted by atomic mass is 32.2. The summed E-state index contributed by atoms with van der Waals surface area (Å²) in [7, 11) is -3.46. The molecule has 2 aromatic rings. The first-order chi connectivity index (χ1) is 11.6. The van der Waals surface area contributed by atoms with E-state index in [1.807, 2.05) is 18.2 Å². The third-order valence-electron chi connectivity index (χ3n) is 4.56. The monoisotopic (exact) mass is 345 g/mol. The summed E-state index contributed by atoms with van der Waals surface area (Å²) >= 11 is 0. The average molecular weight is 345 g/mol. The molecule has 1 atom stereocenters. The second-order valence-electron chi connectivity index (χ2n) is 6.19. The van der Waals surface area contributed by atoms with Crippen molar-refractivity contribution in [3.63, 3.8) is 0 Å². The van der Waals surface area contributed by atoms with Crippen LogP contribution in [0.5, 0.6) is 0 Å². The van der Waals surface area contributed by atoms with E-state index < -0.39 is 10.0 Å². The van der Waals surface area contributed by atoms with Crippen molar-refractivity contribution < 1.29 is 8.42 Å². The number of sulfonamides is 1. The molecule has 0 saturated carbocycles. The molecule has 0 spiro atoms. The van der Waals surface area contributed by atoms with Crippen molar-refractivity contribution in [2.75, 3.05) is 19.6 Å². The van der Waals surface area contributed by atoms with Crippen LogP contribution in [0.4, 0.5) is 0 Å². The van der Waals surface area contributed by atoms with Crippen LogP contribution in [0.3, 0.4) is 0 Å². The van der Waals surface area contributed by atoms with Crippen LogP contribution in [0.25, 0.3) is 0 Å². The number of hydrogen-bond acceptors (Lipinski definition) is 4. The van der Waals surface area contributed by atoms with E-state index in [9.17, 15) is 8.42 Å². The molecule has 1 fully saturated rings. The third kappa shape index (κ3) is 3.83. The van der Waals surface area contributed by atoms with Crippen molar-refractivity contribution in [2.45, 2.75) is 30.8 Å². The van der Waals surface area contributed by atoms with Gasteiger partial charge in [-0.3, -0.25) is 9.88 Å². The lowest BCUT2D eigenvalue weighted by atomic mass is 10.1. The summed E-state index contributed by atoms with van der Waals surface area (Å²) in [4.78, 5) is 6.57. The quantitative estimate of drug-likeness (QED) is 0.854. The van der Waals surface area contributed by atoms with Gasteiger partial charge in [-0.2, -0.15) is 4.31 Å². The molecule has 3 rings (SSSR count). The highest BCUT2D eigenvalue weighted by molar-refractivity contribution is 7.89. The minimum Gasteiger partial charge on any atom is -0.295 e. The fourth-order valence-electron chi connectivity index (χ4n) is 3.03. The van der Waals surface area contributed by atoms with Crippen LogP contribution in [0.1, 0.15) is 18.9 Å². The molecule has 128 valence electrons. The highest BCUT2D eigenvalue weighted by Gasteiger charge is 2.29. The summed E-state index contributed by atoms with van der Waals surface area (Å²) in [6, 6.07) is 13.9. The van der Waals surface area contributed by atoms with Crippen molar-refractivity contribution in [1.29, 1.82) is 0 Å². The molecule has 1 aliphatic heterocycles. The van der Waals surface area contributed by atoms with Crippen LogP contribution in [0.15, 0.2) is 59.8 Å². The first-order valence-electron chi connectivity index (χ1n) is 8.25. The Hall–Kier alpha value is -1.76. The van der Waals surface area contributed by atoms with Crippen molar-refractivity contribution in [3.8, 4) is 0 Å². The zero-order chi connectivity index (χ0) is 17.0. The number of benzene rings is 1. The number of hydrogen-bond donors (Lipinski definition) is 0. The van der Waals surface area contributed by atoms with E-state index in [2.05, 4.69) is 28.9 Å². The van der Waals surface area contributed by atoms with E-state index >= 15 is 0 Å². The van der Waals surface area contributed by atoms with E-state index in [4.69, 9.17) is 0 Å². The van der Waals surface area contributed by atoms with Gasteiger partial charge in [-0.25, -0.2) is 8.42 Å². The van der Waals surface area contributed by atoms with Crippen LogP contribution in [-0.2, 0) is 16.6 Å². The zero-order valence-corrected chi connectivity index (χ0v) is 14.7. The lowest BCUT2D eigenvalue weighted by Gasteiger charge is -2.26. The smallest absolute Gasteiger partial charge is 0.244 e. The minimum absolute atomic E-state index is 0.272. The van der Waals surface area contributed by atoms with E-state index in [0.717, 1.165) is 19.5 Å². The molecule has 24 heavy (non-hydrogen) atoms. The van der Waals surface area contributed by atoms with Crippen molar-refractivity contribution >= 4 is 10.0 Å². The van der Waals surface area contributed by atoms with Crippen molar-refractivity contribution in [2.24, 2.45) is 0 Å². The van der Waals surface area contributed by atoms with E-state index in [1.165, 1.54) is 11.8 Å². The number of nitrogens with zero attached hydrogens (tertiary/aromatic N) is 3. The molecule has 0 aliphatic carbocycles. The van der Waals surface area contributed by atoms with Crippen molar-refractivity contribution in [1.82, 2.24) is 14.2 Å². The average Bonchev–Trinajstić information content (AvgIpc) is 2.79. The topological polar surface area (TPSA) is 53.5 Å². The van der Waals surface area contributed by atoms with Gasteiger partial charge >= 0.3 is 0 Å². The van der Waals surface area contributed by atoms with Gasteiger partial charge in [-0.1, -0.05) is 30.3 Å². The molecule has 1 saturated heterocycles. The molecular weight excluding hydrogens is 322 g/mol. The van der Waals surface area contributed by atoms with E-state index in [1.54, 1.807) is 22.6 Å². The molecule has 0 radical (unpaired) electrons. The van der Waals surface area contributed by atoms with Crippen molar-refractivity contribution in [3.05, 3.63) is 60.4 Å². The van der Waals surface area contributed by atoms with Gasteiger partial charge in [0.2, 0.25) is 10.0 Å². The molecular formula is C18H23N3O2S. The number of rotatable bonds is 4. The Labute approximate surface area is 144 Å². The summed E-state index contributed by atoms with van der Waals surface area (Å²) in [6.45, 7) is 4.81. The maximum absolute atomic E-state index is 12.8. The van der Waals surface area contributed by atoms with E-state index in [0.29, 0.717) is 19.1 Å². The predicted molar refractivity (Wildman–Crippen MR) is 93.9 cm³/mol. The molecule has 0 N–H and O–H groups in total. The maximum atomic E-state index is 12.8. The van der Waals surface area contributed by atoms with Crippen LogP contribution >= 0.6 is 0 Å². The van der Waals surface area contributed by atoms with Gasteiger partial charge in [-0.15, -0.1) is 0 Å². The Morgan fingerprint density at radius 2 is 1.88 bits per heavy atom. The van der Waals surface area contributed by atoms with Crippen LogP contribution < -0.4 is 0 Å². The largest absolute Gasteiger partial charge is 0.295 e. The molecule has 1 aromatic carbocycles. The van der Waals surface area contributed by atoms with Gasteiger partial charge < -0.3 is 0 Å². The van der Waals surface area contributed by atoms with Gasteiger partial charge in [0.25, 0.3) is 0 Å². The third-order valence-corrected chi connectivity index (χ3v) is 6.44. The van der Waals surface area contributed by atoms with Crippen LogP contribution in [0, 0.1) is 0 Å². The fourth-order valence-corrected chi connectivity index (χ4v) is 4.44. The summed E-state index contributed by atoms with van der Waals surface area (Å²) in [5.74, 6) is 0. The molecule has 2 heterocycles. The Kier molecular flexibility index (Phi) is 5.28. The maximum Gasteiger partial charge on any atom is 0.244 e. The molecule has 0 amide bonds. The van der Waals surface area contributed by atoms with E-state index in [-0.39, 0.29) is 4.90 Å². The molecule has 0 bridgehead atoms. The molecule has 1 aliphatic rings. The van der Waals surface area contributed by atoms with Gasteiger partial charge in [0.1, 0.15) is 4.90 Å². The Morgan fingerprint density at radius 1 is 1.08 bits per heavy atom. The SMILES string of the molecule is CC1CCN(S(=O)(=O)c2cccnc2)CCN1Cc1ccccc1. The number of pyridine rings is 1. The van der Waals surface area contributed by atoms with Crippen LogP contribution in [0.2, 0.25) is 0 Å². The molecule has 6 heteroatoms. The molecule has 1 aromatic heterocycles. The first kappa shape index (κ1) is 17.1. The second kappa shape index (κ2) is 7.42. The summed E-state index contributed by atoms with van der Waals surface area (Å²) in [6.07, 6.45) is 3.84. The Morgan fingerprint density at radius 3 is 2.58 bits per heavy atom. The number of aromatic nitrogens is 1. The lowest BCUT2D eigenvalue weighted by molar-refractivity contribution is 0.210. The summed E-state index contributed by atoms with van der Waals surface area (Å²) < 4.78 is 27.1. The van der Waals surface area contributed by atoms with Gasteiger partial charge in [-0.05, 0) is 31.0 Å². The van der Waals surface area contributed by atoms with Gasteiger partial charge in [0.05, 0.1) is 0 Å². The Balaban J connectivity index is 1.72. The Bertz CT molecular complexity index is 750. The fraction of sp³-hybridized carbons (Fsp3) is 0.389. The first-order valence-corrected chi connectivity index (χ1v) is 9.69. The van der Waals surface area contributed by atoms with Crippen LogP contribution in [-0.4, -0.2) is 48.3 Å². The predicted octanol–water partition coefficient (Wildman–Crippen LogP) is 2.37. The van der Waals surface area contributed by atoms with Gasteiger partial charge in [0, 0.05) is 44.6 Å². The standard InChI is InChI=1S/C18H23N3O2S/c1-16-9-11-21(24(22,23)18-8-5-10-19-14-18)13-12-20(16)15-17-6-3-2-4-7-17/h2-8,10,14,16H,9,11-13,15H2,1H3. The highest BCUT2D eigenvalue weighted by Crippen LogP contribution is 2.20. The lowest BCUT2D eigenvalue weighted by Crippen LogP contribution is -2.36. The normalized spacial score (nSPS) is 20.6.